The zero-order chi connectivity index (χ0) is 16.5. The molecule has 0 saturated carbocycles. The standard InChI is InChI=1S/C20H28N2O/c1-3-5-6-7-17-8-10-19(11-9-17)21-20(23)18-12-15-22(14-4-2)16-13-18/h2,8-11,18H,3,5-7,12-16H2,1H3,(H,21,23). The van der Waals surface area contributed by atoms with Crippen LogP contribution in [0.2, 0.25) is 0 Å². The van der Waals surface area contributed by atoms with Crippen LogP contribution in [-0.2, 0) is 11.2 Å². The van der Waals surface area contributed by atoms with Crippen LogP contribution in [0.3, 0.4) is 0 Å². The molecule has 0 aliphatic carbocycles. The number of carbonyl (C=O) groups is 1. The lowest BCUT2D eigenvalue weighted by molar-refractivity contribution is -0.121. The summed E-state index contributed by atoms with van der Waals surface area (Å²) in [5.74, 6) is 2.92. The minimum atomic E-state index is 0.105. The van der Waals surface area contributed by atoms with Crippen molar-refractivity contribution in [2.24, 2.45) is 5.92 Å². The Morgan fingerprint density at radius 1 is 1.26 bits per heavy atom. The second-order valence-corrected chi connectivity index (χ2v) is 6.40. The van der Waals surface area contributed by atoms with Gasteiger partial charge in [0, 0.05) is 11.6 Å². The number of nitrogens with zero attached hydrogens (tertiary/aromatic N) is 1. The topological polar surface area (TPSA) is 32.3 Å². The van der Waals surface area contributed by atoms with Gasteiger partial charge in [-0.15, -0.1) is 6.42 Å². The number of piperidine rings is 1. The molecule has 1 N–H and O–H groups in total. The fourth-order valence-corrected chi connectivity index (χ4v) is 3.06. The van der Waals surface area contributed by atoms with Gasteiger partial charge in [0.25, 0.3) is 0 Å². The zero-order valence-electron chi connectivity index (χ0n) is 14.2. The van der Waals surface area contributed by atoms with E-state index in [1.54, 1.807) is 0 Å². The molecule has 0 aromatic heterocycles. The normalized spacial score (nSPS) is 16.0. The summed E-state index contributed by atoms with van der Waals surface area (Å²) in [4.78, 5) is 14.6. The molecule has 0 radical (unpaired) electrons. The van der Waals surface area contributed by atoms with E-state index in [2.05, 4.69) is 35.2 Å². The number of terminal acetylenes is 1. The third-order valence-corrected chi connectivity index (χ3v) is 4.56. The number of hydrogen-bond donors (Lipinski definition) is 1. The third kappa shape index (κ3) is 5.73. The number of carbonyl (C=O) groups excluding carboxylic acids is 1. The van der Waals surface area contributed by atoms with Crippen molar-refractivity contribution in [1.29, 1.82) is 0 Å². The largest absolute Gasteiger partial charge is 0.326 e. The maximum atomic E-state index is 12.4. The number of benzene rings is 1. The summed E-state index contributed by atoms with van der Waals surface area (Å²) in [7, 11) is 0. The molecule has 1 saturated heterocycles. The van der Waals surface area contributed by atoms with Crippen LogP contribution in [-0.4, -0.2) is 30.4 Å². The highest BCUT2D eigenvalue weighted by Crippen LogP contribution is 2.20. The fourth-order valence-electron chi connectivity index (χ4n) is 3.06. The first kappa shape index (κ1) is 17.6. The number of nitrogens with one attached hydrogen (secondary N) is 1. The Balaban J connectivity index is 1.78. The quantitative estimate of drug-likeness (QED) is 0.615. The Kier molecular flexibility index (Phi) is 7.16. The summed E-state index contributed by atoms with van der Waals surface area (Å²) in [5, 5.41) is 3.06. The van der Waals surface area contributed by atoms with E-state index >= 15 is 0 Å². The Labute approximate surface area is 140 Å². The first-order valence-corrected chi connectivity index (χ1v) is 8.78. The highest BCUT2D eigenvalue weighted by atomic mass is 16.1. The molecule has 3 nitrogen and oxygen atoms in total. The average Bonchev–Trinajstić information content (AvgIpc) is 2.57. The van der Waals surface area contributed by atoms with E-state index in [-0.39, 0.29) is 11.8 Å². The van der Waals surface area contributed by atoms with E-state index in [4.69, 9.17) is 6.42 Å². The maximum Gasteiger partial charge on any atom is 0.227 e. The van der Waals surface area contributed by atoms with E-state index < -0.39 is 0 Å². The first-order valence-electron chi connectivity index (χ1n) is 8.78. The number of rotatable bonds is 7. The number of hydrogen-bond acceptors (Lipinski definition) is 2. The molecule has 1 aromatic carbocycles. The van der Waals surface area contributed by atoms with Crippen molar-refractivity contribution in [3.8, 4) is 12.3 Å². The van der Waals surface area contributed by atoms with Crippen LogP contribution in [0.25, 0.3) is 0 Å². The van der Waals surface area contributed by atoms with Crippen LogP contribution >= 0.6 is 0 Å². The minimum absolute atomic E-state index is 0.105. The summed E-state index contributed by atoms with van der Waals surface area (Å²) in [6.45, 7) is 4.74. The number of likely N-dealkylation sites (tertiary alicyclic amines) is 1. The Morgan fingerprint density at radius 3 is 2.57 bits per heavy atom. The molecule has 1 amide bonds. The monoisotopic (exact) mass is 312 g/mol. The van der Waals surface area contributed by atoms with Crippen molar-refractivity contribution < 1.29 is 4.79 Å². The van der Waals surface area contributed by atoms with Gasteiger partial charge in [-0.1, -0.05) is 37.8 Å². The van der Waals surface area contributed by atoms with Crippen LogP contribution in [0.1, 0.15) is 44.6 Å². The molecule has 23 heavy (non-hydrogen) atoms. The first-order chi connectivity index (χ1) is 11.2. The highest BCUT2D eigenvalue weighted by Gasteiger charge is 2.24. The lowest BCUT2D eigenvalue weighted by Gasteiger charge is -2.29. The van der Waals surface area contributed by atoms with E-state index in [9.17, 15) is 4.79 Å². The number of anilines is 1. The van der Waals surface area contributed by atoms with Crippen LogP contribution in [0.15, 0.2) is 24.3 Å². The van der Waals surface area contributed by atoms with Crippen molar-refractivity contribution in [2.75, 3.05) is 25.0 Å². The van der Waals surface area contributed by atoms with E-state index in [0.29, 0.717) is 6.54 Å². The maximum absolute atomic E-state index is 12.4. The van der Waals surface area contributed by atoms with Gasteiger partial charge < -0.3 is 5.32 Å². The van der Waals surface area contributed by atoms with Crippen molar-refractivity contribution in [3.05, 3.63) is 29.8 Å². The number of aryl methyl sites for hydroxylation is 1. The molecule has 1 aromatic rings. The van der Waals surface area contributed by atoms with E-state index in [1.165, 1.54) is 24.8 Å². The Hall–Kier alpha value is -1.79. The summed E-state index contributed by atoms with van der Waals surface area (Å²) in [6, 6.07) is 8.29. The van der Waals surface area contributed by atoms with Gasteiger partial charge in [-0.25, -0.2) is 0 Å². The van der Waals surface area contributed by atoms with Gasteiger partial charge in [0.1, 0.15) is 0 Å². The van der Waals surface area contributed by atoms with Crippen LogP contribution < -0.4 is 5.32 Å². The average molecular weight is 312 g/mol. The van der Waals surface area contributed by atoms with Gasteiger partial charge in [-0.2, -0.15) is 0 Å². The summed E-state index contributed by atoms with van der Waals surface area (Å²) >= 11 is 0. The molecular weight excluding hydrogens is 284 g/mol. The van der Waals surface area contributed by atoms with Crippen LogP contribution in [0.5, 0.6) is 0 Å². The second kappa shape index (κ2) is 9.37. The summed E-state index contributed by atoms with van der Waals surface area (Å²) in [6.07, 6.45) is 12.0. The molecule has 0 spiro atoms. The molecule has 124 valence electrons. The molecule has 1 fully saturated rings. The molecule has 1 heterocycles. The molecule has 0 atom stereocenters. The molecule has 0 bridgehead atoms. The van der Waals surface area contributed by atoms with E-state index in [0.717, 1.165) is 38.0 Å². The Bertz CT molecular complexity index is 522. The predicted molar refractivity (Wildman–Crippen MR) is 96.3 cm³/mol. The zero-order valence-corrected chi connectivity index (χ0v) is 14.2. The van der Waals surface area contributed by atoms with Crippen molar-refractivity contribution in [2.45, 2.75) is 45.4 Å². The van der Waals surface area contributed by atoms with Crippen molar-refractivity contribution in [1.82, 2.24) is 4.90 Å². The van der Waals surface area contributed by atoms with Gasteiger partial charge in [0.05, 0.1) is 6.54 Å². The van der Waals surface area contributed by atoms with Gasteiger partial charge >= 0.3 is 0 Å². The Morgan fingerprint density at radius 2 is 1.96 bits per heavy atom. The predicted octanol–water partition coefficient (Wildman–Crippen LogP) is 3.70. The summed E-state index contributed by atoms with van der Waals surface area (Å²) < 4.78 is 0. The number of amides is 1. The molecule has 1 aliphatic heterocycles. The van der Waals surface area contributed by atoms with Crippen molar-refractivity contribution >= 4 is 11.6 Å². The molecule has 2 rings (SSSR count). The fraction of sp³-hybridized carbons (Fsp3) is 0.550. The SMILES string of the molecule is C#CCN1CCC(C(=O)Nc2ccc(CCCCC)cc2)CC1. The van der Waals surface area contributed by atoms with Crippen LogP contribution in [0.4, 0.5) is 5.69 Å². The van der Waals surface area contributed by atoms with Gasteiger partial charge in [0.2, 0.25) is 5.91 Å². The van der Waals surface area contributed by atoms with Gasteiger partial charge in [-0.3, -0.25) is 9.69 Å². The van der Waals surface area contributed by atoms with E-state index in [1.807, 2.05) is 12.1 Å². The lowest BCUT2D eigenvalue weighted by Crippen LogP contribution is -2.38. The highest BCUT2D eigenvalue weighted by molar-refractivity contribution is 5.92. The summed E-state index contributed by atoms with van der Waals surface area (Å²) in [5.41, 5.74) is 2.25. The van der Waals surface area contributed by atoms with Gasteiger partial charge in [0.15, 0.2) is 0 Å². The molecule has 1 aliphatic rings. The third-order valence-electron chi connectivity index (χ3n) is 4.56. The van der Waals surface area contributed by atoms with Crippen LogP contribution in [0, 0.1) is 18.3 Å². The smallest absolute Gasteiger partial charge is 0.227 e. The molecular formula is C20H28N2O. The molecule has 0 unspecified atom stereocenters. The lowest BCUT2D eigenvalue weighted by atomic mass is 9.96. The second-order valence-electron chi connectivity index (χ2n) is 6.40. The van der Waals surface area contributed by atoms with Crippen molar-refractivity contribution in [3.63, 3.8) is 0 Å². The minimum Gasteiger partial charge on any atom is -0.326 e. The molecule has 3 heteroatoms. The van der Waals surface area contributed by atoms with Gasteiger partial charge in [-0.05, 0) is 56.5 Å². The number of unbranched alkanes of at least 4 members (excludes halogenated alkanes) is 2.